The molecule has 0 atom stereocenters. The first-order valence-electron chi connectivity index (χ1n) is 8.90. The summed E-state index contributed by atoms with van der Waals surface area (Å²) in [5, 5.41) is -0.428. The Balaban J connectivity index is 1.49. The van der Waals surface area contributed by atoms with Crippen LogP contribution in [-0.2, 0) is 9.59 Å². The fourth-order valence-corrected chi connectivity index (χ4v) is 4.41. The molecule has 2 aliphatic rings. The molecule has 2 aliphatic heterocycles. The molecule has 28 heavy (non-hydrogen) atoms. The van der Waals surface area contributed by atoms with E-state index in [0.717, 1.165) is 39.5 Å². The van der Waals surface area contributed by atoms with Crippen molar-refractivity contribution in [2.24, 2.45) is 0 Å². The molecule has 0 N–H and O–H groups in total. The van der Waals surface area contributed by atoms with Crippen LogP contribution >= 0.6 is 27.7 Å². The first kappa shape index (κ1) is 19.0. The van der Waals surface area contributed by atoms with Crippen molar-refractivity contribution in [3.8, 4) is 11.3 Å². The van der Waals surface area contributed by atoms with Crippen LogP contribution in [0.1, 0.15) is 18.6 Å². The summed E-state index contributed by atoms with van der Waals surface area (Å²) in [6, 6.07) is 11.2. The number of imide groups is 1. The maximum absolute atomic E-state index is 12.6. The van der Waals surface area contributed by atoms with E-state index < -0.39 is 11.1 Å². The Morgan fingerprint density at radius 1 is 1.18 bits per heavy atom. The average Bonchev–Trinajstić information content (AvgIpc) is 3.40. The van der Waals surface area contributed by atoms with Crippen molar-refractivity contribution in [2.45, 2.75) is 12.8 Å². The Hall–Kier alpha value is -2.32. The average molecular weight is 461 g/mol. The van der Waals surface area contributed by atoms with Crippen LogP contribution in [0.3, 0.4) is 0 Å². The lowest BCUT2D eigenvalue weighted by atomic mass is 10.2. The summed E-state index contributed by atoms with van der Waals surface area (Å²) in [6.07, 6.45) is 3.48. The SMILES string of the molecule is O=C(CN1C(=O)S/C(=C\c2ccc(-c3cccc(Br)c3)o2)C1=O)N1CCCC1. The molecule has 0 unspecified atom stereocenters. The van der Waals surface area contributed by atoms with Crippen LogP contribution in [0.15, 0.2) is 50.2 Å². The standard InChI is InChI=1S/C20H17BrN2O4S/c21-14-5-3-4-13(10-14)16-7-6-15(27-16)11-17-19(25)23(20(26)28-17)12-18(24)22-8-1-2-9-22/h3-7,10-11H,1-2,8-9,12H2/b17-11-. The predicted molar refractivity (Wildman–Crippen MR) is 110 cm³/mol. The third-order valence-corrected chi connectivity index (χ3v) is 6.04. The second-order valence-corrected chi connectivity index (χ2v) is 8.48. The van der Waals surface area contributed by atoms with Gasteiger partial charge in [0.05, 0.1) is 4.91 Å². The van der Waals surface area contributed by atoms with Gasteiger partial charge in [0.25, 0.3) is 11.1 Å². The molecule has 0 aliphatic carbocycles. The number of halogens is 1. The van der Waals surface area contributed by atoms with Gasteiger partial charge in [-0.1, -0.05) is 28.1 Å². The van der Waals surface area contributed by atoms with Crippen LogP contribution in [0.25, 0.3) is 17.4 Å². The number of carbonyl (C=O) groups excluding carboxylic acids is 3. The van der Waals surface area contributed by atoms with Crippen molar-refractivity contribution in [3.63, 3.8) is 0 Å². The van der Waals surface area contributed by atoms with E-state index in [-0.39, 0.29) is 17.4 Å². The minimum atomic E-state index is -0.456. The maximum atomic E-state index is 12.6. The molecule has 0 bridgehead atoms. The topological polar surface area (TPSA) is 70.8 Å². The number of amides is 3. The molecule has 1 aromatic heterocycles. The summed E-state index contributed by atoms with van der Waals surface area (Å²) in [5.41, 5.74) is 0.901. The second-order valence-electron chi connectivity index (χ2n) is 6.57. The Kier molecular flexibility index (Phi) is 5.41. The molecule has 0 radical (unpaired) electrons. The Bertz CT molecular complexity index is 978. The molecule has 3 amide bonds. The largest absolute Gasteiger partial charge is 0.457 e. The highest BCUT2D eigenvalue weighted by molar-refractivity contribution is 9.10. The lowest BCUT2D eigenvalue weighted by molar-refractivity contribution is -0.135. The number of hydrogen-bond donors (Lipinski definition) is 0. The smallest absolute Gasteiger partial charge is 0.294 e. The molecule has 2 aromatic rings. The van der Waals surface area contributed by atoms with Gasteiger partial charge in [-0.2, -0.15) is 0 Å². The first-order chi connectivity index (χ1) is 13.5. The summed E-state index contributed by atoms with van der Waals surface area (Å²) in [5.74, 6) is 0.501. The molecule has 144 valence electrons. The third-order valence-electron chi connectivity index (χ3n) is 4.64. The minimum absolute atomic E-state index is 0.184. The van der Waals surface area contributed by atoms with E-state index in [2.05, 4.69) is 15.9 Å². The monoisotopic (exact) mass is 460 g/mol. The van der Waals surface area contributed by atoms with Crippen LogP contribution in [0.5, 0.6) is 0 Å². The molecule has 3 heterocycles. The number of hydrogen-bond acceptors (Lipinski definition) is 5. The Morgan fingerprint density at radius 3 is 2.71 bits per heavy atom. The fraction of sp³-hybridized carbons (Fsp3) is 0.250. The van der Waals surface area contributed by atoms with Crippen LogP contribution < -0.4 is 0 Å². The van der Waals surface area contributed by atoms with E-state index in [0.29, 0.717) is 24.6 Å². The zero-order chi connectivity index (χ0) is 19.7. The molecule has 2 saturated heterocycles. The number of nitrogens with zero attached hydrogens (tertiary/aromatic N) is 2. The highest BCUT2D eigenvalue weighted by Crippen LogP contribution is 2.33. The lowest BCUT2D eigenvalue weighted by Crippen LogP contribution is -2.40. The van der Waals surface area contributed by atoms with Gasteiger partial charge < -0.3 is 9.32 Å². The zero-order valence-corrected chi connectivity index (χ0v) is 17.3. The van der Waals surface area contributed by atoms with E-state index in [1.807, 2.05) is 30.3 Å². The van der Waals surface area contributed by atoms with Gasteiger partial charge in [-0.3, -0.25) is 19.3 Å². The summed E-state index contributed by atoms with van der Waals surface area (Å²) in [4.78, 5) is 40.0. The Morgan fingerprint density at radius 2 is 1.96 bits per heavy atom. The highest BCUT2D eigenvalue weighted by atomic mass is 79.9. The van der Waals surface area contributed by atoms with Gasteiger partial charge in [-0.05, 0) is 48.9 Å². The molecule has 8 heteroatoms. The number of likely N-dealkylation sites (tertiary alicyclic amines) is 1. The van der Waals surface area contributed by atoms with Gasteiger partial charge in [0, 0.05) is 29.2 Å². The van der Waals surface area contributed by atoms with Crippen molar-refractivity contribution >= 4 is 50.8 Å². The number of thioether (sulfide) groups is 1. The van der Waals surface area contributed by atoms with Gasteiger partial charge in [0.2, 0.25) is 5.91 Å². The van der Waals surface area contributed by atoms with Crippen molar-refractivity contribution in [1.82, 2.24) is 9.80 Å². The quantitative estimate of drug-likeness (QED) is 0.633. The highest BCUT2D eigenvalue weighted by Gasteiger charge is 2.37. The van der Waals surface area contributed by atoms with Crippen LogP contribution in [0.2, 0.25) is 0 Å². The number of furan rings is 1. The second kappa shape index (κ2) is 7.97. The van der Waals surface area contributed by atoms with Gasteiger partial charge in [-0.15, -0.1) is 0 Å². The van der Waals surface area contributed by atoms with Crippen molar-refractivity contribution in [2.75, 3.05) is 19.6 Å². The fourth-order valence-electron chi connectivity index (χ4n) is 3.19. The molecule has 0 saturated carbocycles. The van der Waals surface area contributed by atoms with Gasteiger partial charge in [-0.25, -0.2) is 0 Å². The minimum Gasteiger partial charge on any atom is -0.457 e. The van der Waals surface area contributed by atoms with E-state index in [9.17, 15) is 14.4 Å². The number of rotatable bonds is 4. The van der Waals surface area contributed by atoms with Crippen LogP contribution in [0, 0.1) is 0 Å². The first-order valence-corrected chi connectivity index (χ1v) is 10.5. The molecule has 4 rings (SSSR count). The molecule has 6 nitrogen and oxygen atoms in total. The summed E-state index contributed by atoms with van der Waals surface area (Å²) < 4.78 is 6.74. The third kappa shape index (κ3) is 3.93. The van der Waals surface area contributed by atoms with Gasteiger partial charge in [0.15, 0.2) is 0 Å². The number of benzene rings is 1. The van der Waals surface area contributed by atoms with Crippen molar-refractivity contribution < 1.29 is 18.8 Å². The van der Waals surface area contributed by atoms with Crippen LogP contribution in [0.4, 0.5) is 4.79 Å². The van der Waals surface area contributed by atoms with Gasteiger partial charge >= 0.3 is 0 Å². The molecular weight excluding hydrogens is 444 g/mol. The summed E-state index contributed by atoms with van der Waals surface area (Å²) >= 11 is 4.26. The molecular formula is C20H17BrN2O4S. The lowest BCUT2D eigenvalue weighted by Gasteiger charge is -2.18. The van der Waals surface area contributed by atoms with Crippen LogP contribution in [-0.4, -0.2) is 46.5 Å². The van der Waals surface area contributed by atoms with E-state index in [4.69, 9.17) is 4.42 Å². The van der Waals surface area contributed by atoms with E-state index in [1.165, 1.54) is 0 Å². The molecule has 1 aromatic carbocycles. The molecule has 0 spiro atoms. The van der Waals surface area contributed by atoms with Crippen molar-refractivity contribution in [1.29, 1.82) is 0 Å². The number of carbonyl (C=O) groups is 3. The van der Waals surface area contributed by atoms with Gasteiger partial charge in [0.1, 0.15) is 18.1 Å². The summed E-state index contributed by atoms with van der Waals surface area (Å²) in [7, 11) is 0. The maximum Gasteiger partial charge on any atom is 0.294 e. The summed E-state index contributed by atoms with van der Waals surface area (Å²) in [6.45, 7) is 1.18. The van der Waals surface area contributed by atoms with Crippen molar-refractivity contribution in [3.05, 3.63) is 51.5 Å². The predicted octanol–water partition coefficient (Wildman–Crippen LogP) is 4.37. The van der Waals surface area contributed by atoms with E-state index in [1.54, 1.807) is 17.0 Å². The normalized spacial score (nSPS) is 18.5. The van der Waals surface area contributed by atoms with E-state index >= 15 is 0 Å². The molecule has 2 fully saturated rings. The Labute approximate surface area is 174 Å². The zero-order valence-electron chi connectivity index (χ0n) is 14.9.